The van der Waals surface area contributed by atoms with Crippen LogP contribution in [-0.4, -0.2) is 39.5 Å². The molecule has 8 heteroatoms. The zero-order valence-corrected chi connectivity index (χ0v) is 20.5. The SMILES string of the molecule is C=C(C)c1cc(-c2c(F)c(F)c(C3=CCCC(CN4CCCCC4)=C3)c(F)c2F)cc2nn(C)nc12. The molecule has 0 spiro atoms. The van der Waals surface area contributed by atoms with Gasteiger partial charge < -0.3 is 0 Å². The molecular formula is C28H28F4N4. The van der Waals surface area contributed by atoms with E-state index in [1.54, 1.807) is 26.1 Å². The summed E-state index contributed by atoms with van der Waals surface area (Å²) in [6.45, 7) is 8.28. The molecular weight excluding hydrogens is 468 g/mol. The minimum atomic E-state index is -1.43. The van der Waals surface area contributed by atoms with E-state index in [-0.39, 0.29) is 11.1 Å². The van der Waals surface area contributed by atoms with E-state index in [1.165, 1.54) is 23.4 Å². The molecule has 0 unspecified atom stereocenters. The van der Waals surface area contributed by atoms with Gasteiger partial charge in [0.2, 0.25) is 0 Å². The summed E-state index contributed by atoms with van der Waals surface area (Å²) in [6, 6.07) is 2.82. The summed E-state index contributed by atoms with van der Waals surface area (Å²) in [5.74, 6) is -5.67. The minimum absolute atomic E-state index is 0.0284. The van der Waals surface area contributed by atoms with Crippen molar-refractivity contribution in [2.45, 2.75) is 39.0 Å². The van der Waals surface area contributed by atoms with Gasteiger partial charge >= 0.3 is 0 Å². The minimum Gasteiger partial charge on any atom is -0.299 e. The number of fused-ring (bicyclic) bond motifs is 1. The molecule has 5 rings (SSSR count). The van der Waals surface area contributed by atoms with E-state index in [0.717, 1.165) is 37.9 Å². The smallest absolute Gasteiger partial charge is 0.170 e. The Kier molecular flexibility index (Phi) is 6.55. The first-order chi connectivity index (χ1) is 17.2. The van der Waals surface area contributed by atoms with E-state index in [4.69, 9.17) is 0 Å². The first kappa shape index (κ1) is 24.4. The number of allylic oxidation sites excluding steroid dienone is 4. The summed E-state index contributed by atoms with van der Waals surface area (Å²) in [5, 5.41) is 8.47. The van der Waals surface area contributed by atoms with Crippen LogP contribution >= 0.6 is 0 Å². The zero-order chi connectivity index (χ0) is 25.6. The fourth-order valence-corrected chi connectivity index (χ4v) is 5.20. The Morgan fingerprint density at radius 2 is 1.61 bits per heavy atom. The molecule has 0 atom stereocenters. The summed E-state index contributed by atoms with van der Waals surface area (Å²) in [6.07, 6.45) is 8.11. The number of benzene rings is 2. The molecule has 1 saturated heterocycles. The standard InChI is InChI=1S/C28H28F4N4/c1-16(2)20-13-19(14-21-28(20)34-35(3)33-21)23-26(31)24(29)22(25(30)27(23)32)18-9-7-8-17(12-18)15-36-10-5-4-6-11-36/h9,12-14H,1,4-8,10-11,15H2,2-3H3. The number of likely N-dealkylation sites (tertiary alicyclic amines) is 1. The van der Waals surface area contributed by atoms with Crippen LogP contribution in [0.5, 0.6) is 0 Å². The molecule has 0 amide bonds. The summed E-state index contributed by atoms with van der Waals surface area (Å²) in [5.41, 5.74) is 1.65. The Morgan fingerprint density at radius 1 is 0.944 bits per heavy atom. The number of hydrogen-bond donors (Lipinski definition) is 0. The van der Waals surface area contributed by atoms with E-state index in [9.17, 15) is 0 Å². The van der Waals surface area contributed by atoms with E-state index in [2.05, 4.69) is 21.7 Å². The Bertz CT molecular complexity index is 1400. The van der Waals surface area contributed by atoms with E-state index in [0.29, 0.717) is 35.1 Å². The highest BCUT2D eigenvalue weighted by Gasteiger charge is 2.29. The fraction of sp³-hybridized carbons (Fsp3) is 0.357. The molecule has 2 aliphatic rings. The van der Waals surface area contributed by atoms with Crippen molar-refractivity contribution in [2.24, 2.45) is 7.05 Å². The van der Waals surface area contributed by atoms with Gasteiger partial charge in [0.25, 0.3) is 0 Å². The molecule has 1 aliphatic carbocycles. The molecule has 1 aliphatic heterocycles. The lowest BCUT2D eigenvalue weighted by Crippen LogP contribution is -2.31. The third-order valence-electron chi connectivity index (χ3n) is 6.95. The number of aryl methyl sites for hydroxylation is 1. The quantitative estimate of drug-likeness (QED) is 0.287. The van der Waals surface area contributed by atoms with Crippen molar-refractivity contribution in [2.75, 3.05) is 19.6 Å². The van der Waals surface area contributed by atoms with Gasteiger partial charge in [0.1, 0.15) is 11.0 Å². The van der Waals surface area contributed by atoms with Crippen molar-refractivity contribution in [1.29, 1.82) is 0 Å². The number of rotatable bonds is 5. The van der Waals surface area contributed by atoms with Crippen molar-refractivity contribution in [3.8, 4) is 11.1 Å². The lowest BCUT2D eigenvalue weighted by Gasteiger charge is -2.28. The monoisotopic (exact) mass is 496 g/mol. The van der Waals surface area contributed by atoms with Gasteiger partial charge in [-0.25, -0.2) is 17.6 Å². The number of halogens is 4. The van der Waals surface area contributed by atoms with Crippen LogP contribution in [0.25, 0.3) is 33.3 Å². The molecule has 4 nitrogen and oxygen atoms in total. The number of aromatic nitrogens is 3. The Morgan fingerprint density at radius 3 is 2.28 bits per heavy atom. The zero-order valence-electron chi connectivity index (χ0n) is 20.5. The maximum atomic E-state index is 15.5. The summed E-state index contributed by atoms with van der Waals surface area (Å²) < 4.78 is 61.7. The molecule has 2 heterocycles. The van der Waals surface area contributed by atoms with Crippen molar-refractivity contribution >= 4 is 22.2 Å². The van der Waals surface area contributed by atoms with E-state index < -0.39 is 34.4 Å². The highest BCUT2D eigenvalue weighted by molar-refractivity contribution is 5.92. The highest BCUT2D eigenvalue weighted by Crippen LogP contribution is 2.39. The van der Waals surface area contributed by atoms with Crippen LogP contribution in [0.2, 0.25) is 0 Å². The largest absolute Gasteiger partial charge is 0.299 e. The van der Waals surface area contributed by atoms with Crippen LogP contribution in [-0.2, 0) is 7.05 Å². The Labute approximate surface area is 207 Å². The molecule has 3 aromatic rings. The van der Waals surface area contributed by atoms with Crippen LogP contribution in [0.4, 0.5) is 17.6 Å². The van der Waals surface area contributed by atoms with Crippen molar-refractivity contribution in [3.05, 3.63) is 70.8 Å². The second-order valence-electron chi connectivity index (χ2n) is 9.70. The number of hydrogen-bond acceptors (Lipinski definition) is 3. The van der Waals surface area contributed by atoms with Crippen LogP contribution in [0.15, 0.2) is 36.4 Å². The second kappa shape index (κ2) is 9.65. The topological polar surface area (TPSA) is 34.0 Å². The van der Waals surface area contributed by atoms with Crippen molar-refractivity contribution < 1.29 is 17.6 Å². The van der Waals surface area contributed by atoms with E-state index in [1.807, 2.05) is 0 Å². The average molecular weight is 497 g/mol. The van der Waals surface area contributed by atoms with Crippen LogP contribution in [0, 0.1) is 23.3 Å². The molecule has 1 aromatic heterocycles. The number of nitrogens with zero attached hydrogens (tertiary/aromatic N) is 4. The normalized spacial score (nSPS) is 16.8. The fourth-order valence-electron chi connectivity index (χ4n) is 5.20. The molecule has 0 N–H and O–H groups in total. The predicted octanol–water partition coefficient (Wildman–Crippen LogP) is 6.81. The molecule has 188 valence electrons. The van der Waals surface area contributed by atoms with Crippen LogP contribution < -0.4 is 0 Å². The Hall–Kier alpha value is -3.26. The lowest BCUT2D eigenvalue weighted by atomic mass is 9.90. The molecule has 0 bridgehead atoms. The van der Waals surface area contributed by atoms with E-state index >= 15 is 17.6 Å². The van der Waals surface area contributed by atoms with Gasteiger partial charge in [0.05, 0.1) is 11.1 Å². The Balaban J connectivity index is 1.58. The predicted molar refractivity (Wildman–Crippen MR) is 134 cm³/mol. The molecule has 0 radical (unpaired) electrons. The van der Waals surface area contributed by atoms with Crippen LogP contribution in [0.3, 0.4) is 0 Å². The van der Waals surface area contributed by atoms with Gasteiger partial charge in [0, 0.05) is 19.2 Å². The summed E-state index contributed by atoms with van der Waals surface area (Å²) in [7, 11) is 1.61. The molecule has 36 heavy (non-hydrogen) atoms. The van der Waals surface area contributed by atoms with Gasteiger partial charge in [-0.3, -0.25) is 4.90 Å². The molecule has 1 fully saturated rings. The average Bonchev–Trinajstić information content (AvgIpc) is 3.23. The van der Waals surface area contributed by atoms with Crippen LogP contribution in [0.1, 0.15) is 50.2 Å². The maximum Gasteiger partial charge on any atom is 0.170 e. The number of piperidine rings is 1. The maximum absolute atomic E-state index is 15.5. The van der Waals surface area contributed by atoms with Gasteiger partial charge in [-0.1, -0.05) is 30.7 Å². The summed E-state index contributed by atoms with van der Waals surface area (Å²) >= 11 is 0. The lowest BCUT2D eigenvalue weighted by molar-refractivity contribution is 0.244. The van der Waals surface area contributed by atoms with Gasteiger partial charge in [0.15, 0.2) is 23.3 Å². The van der Waals surface area contributed by atoms with Gasteiger partial charge in [-0.05, 0) is 74.5 Å². The van der Waals surface area contributed by atoms with Crippen molar-refractivity contribution in [3.63, 3.8) is 0 Å². The highest BCUT2D eigenvalue weighted by atomic mass is 19.2. The van der Waals surface area contributed by atoms with Gasteiger partial charge in [-0.2, -0.15) is 15.0 Å². The third-order valence-corrected chi connectivity index (χ3v) is 6.95. The first-order valence-corrected chi connectivity index (χ1v) is 12.2. The van der Waals surface area contributed by atoms with Gasteiger partial charge in [-0.15, -0.1) is 0 Å². The molecule has 2 aromatic carbocycles. The molecule has 0 saturated carbocycles. The second-order valence-corrected chi connectivity index (χ2v) is 9.70. The third kappa shape index (κ3) is 4.39. The first-order valence-electron chi connectivity index (χ1n) is 12.2. The summed E-state index contributed by atoms with van der Waals surface area (Å²) in [4.78, 5) is 3.64. The van der Waals surface area contributed by atoms with Crippen molar-refractivity contribution in [1.82, 2.24) is 19.9 Å².